The normalized spacial score (nSPS) is 13.2. The Bertz CT molecular complexity index is 155. The van der Waals surface area contributed by atoms with E-state index in [0.717, 1.165) is 6.54 Å². The van der Waals surface area contributed by atoms with E-state index in [4.69, 9.17) is 4.74 Å². The zero-order chi connectivity index (χ0) is 9.40. The Morgan fingerprint density at radius 1 is 1.58 bits per heavy atom. The minimum atomic E-state index is -0.276. The Balaban J connectivity index is 3.65. The monoisotopic (exact) mass is 171 g/mol. The average molecular weight is 171 g/mol. The molecule has 0 aliphatic heterocycles. The van der Waals surface area contributed by atoms with Crippen LogP contribution < -0.4 is 5.32 Å². The van der Waals surface area contributed by atoms with Crippen LogP contribution in [0.2, 0.25) is 0 Å². The molecule has 0 rings (SSSR count). The van der Waals surface area contributed by atoms with Crippen LogP contribution in [0.25, 0.3) is 0 Å². The molecule has 0 spiro atoms. The van der Waals surface area contributed by atoms with Crippen molar-refractivity contribution in [3.05, 3.63) is 12.2 Å². The van der Waals surface area contributed by atoms with E-state index in [1.807, 2.05) is 13.8 Å². The van der Waals surface area contributed by atoms with E-state index in [-0.39, 0.29) is 12.0 Å². The van der Waals surface area contributed by atoms with Gasteiger partial charge in [0.2, 0.25) is 0 Å². The summed E-state index contributed by atoms with van der Waals surface area (Å²) in [6, 6.07) is 0.222. The number of likely N-dealkylation sites (N-methyl/N-ethyl adjacent to an activating group) is 1. The van der Waals surface area contributed by atoms with Gasteiger partial charge in [-0.2, -0.15) is 0 Å². The Morgan fingerprint density at radius 3 is 2.75 bits per heavy atom. The molecule has 0 bridgehead atoms. The van der Waals surface area contributed by atoms with Gasteiger partial charge in [-0.05, 0) is 20.4 Å². The van der Waals surface area contributed by atoms with Gasteiger partial charge in [0.15, 0.2) is 0 Å². The van der Waals surface area contributed by atoms with Gasteiger partial charge in [0, 0.05) is 12.1 Å². The molecule has 0 aliphatic carbocycles. The molecule has 0 aromatic carbocycles. The van der Waals surface area contributed by atoms with E-state index in [9.17, 15) is 4.79 Å². The fourth-order valence-electron chi connectivity index (χ4n) is 0.803. The summed E-state index contributed by atoms with van der Waals surface area (Å²) < 4.78 is 4.72. The first-order valence-electron chi connectivity index (χ1n) is 4.29. The second-order valence-electron chi connectivity index (χ2n) is 2.46. The molecule has 0 saturated carbocycles. The molecule has 70 valence electrons. The molecule has 3 nitrogen and oxygen atoms in total. The van der Waals surface area contributed by atoms with Gasteiger partial charge in [0.05, 0.1) is 6.61 Å². The molecule has 1 atom stereocenters. The van der Waals surface area contributed by atoms with Crippen LogP contribution in [0.1, 0.15) is 20.8 Å². The number of rotatable bonds is 5. The minimum Gasteiger partial charge on any atom is -0.463 e. The third-order valence-corrected chi connectivity index (χ3v) is 1.33. The first kappa shape index (κ1) is 11.2. The summed E-state index contributed by atoms with van der Waals surface area (Å²) in [6.07, 6.45) is 3.25. The molecule has 0 aromatic rings. The summed E-state index contributed by atoms with van der Waals surface area (Å²) in [6.45, 7) is 7.13. The topological polar surface area (TPSA) is 38.3 Å². The second-order valence-corrected chi connectivity index (χ2v) is 2.46. The van der Waals surface area contributed by atoms with Crippen molar-refractivity contribution < 1.29 is 9.53 Å². The van der Waals surface area contributed by atoms with Gasteiger partial charge in [-0.15, -0.1) is 0 Å². The lowest BCUT2D eigenvalue weighted by Gasteiger charge is -2.05. The highest BCUT2D eigenvalue weighted by molar-refractivity contribution is 5.81. The van der Waals surface area contributed by atoms with Crippen molar-refractivity contribution in [2.45, 2.75) is 26.8 Å². The summed E-state index contributed by atoms with van der Waals surface area (Å²) in [7, 11) is 0. The molecule has 12 heavy (non-hydrogen) atoms. The zero-order valence-corrected chi connectivity index (χ0v) is 7.96. The molecule has 1 N–H and O–H groups in total. The summed E-state index contributed by atoms with van der Waals surface area (Å²) in [4.78, 5) is 10.8. The quantitative estimate of drug-likeness (QED) is 0.497. The third-order valence-electron chi connectivity index (χ3n) is 1.33. The van der Waals surface area contributed by atoms with E-state index in [0.29, 0.717) is 6.61 Å². The standard InChI is InChI=1S/C9H17NO2/c1-4-10-8(3)6-7-9(11)12-5-2/h6-8,10H,4-5H2,1-3H3/b7-6+/t8-/m1/s1. The van der Waals surface area contributed by atoms with E-state index in [1.165, 1.54) is 6.08 Å². The molecule has 3 heteroatoms. The van der Waals surface area contributed by atoms with Crippen molar-refractivity contribution in [1.82, 2.24) is 5.32 Å². The highest BCUT2D eigenvalue weighted by Crippen LogP contribution is 1.86. The second kappa shape index (κ2) is 6.85. The molecule has 0 amide bonds. The van der Waals surface area contributed by atoms with Gasteiger partial charge in [-0.25, -0.2) is 4.79 Å². The minimum absolute atomic E-state index is 0.222. The van der Waals surface area contributed by atoms with Crippen LogP contribution in [-0.4, -0.2) is 25.2 Å². The average Bonchev–Trinajstić information content (AvgIpc) is 2.02. The van der Waals surface area contributed by atoms with Crippen LogP contribution in [0.4, 0.5) is 0 Å². The van der Waals surface area contributed by atoms with Crippen molar-refractivity contribution in [1.29, 1.82) is 0 Å². The number of hydrogen-bond donors (Lipinski definition) is 1. The predicted molar refractivity (Wildman–Crippen MR) is 48.9 cm³/mol. The number of carbonyl (C=O) groups is 1. The zero-order valence-electron chi connectivity index (χ0n) is 7.96. The Kier molecular flexibility index (Phi) is 6.38. The van der Waals surface area contributed by atoms with Crippen LogP contribution in [0.15, 0.2) is 12.2 Å². The molecule has 0 unspecified atom stereocenters. The van der Waals surface area contributed by atoms with Crippen molar-refractivity contribution in [2.75, 3.05) is 13.2 Å². The highest BCUT2D eigenvalue weighted by Gasteiger charge is 1.96. The van der Waals surface area contributed by atoms with Gasteiger partial charge in [0.25, 0.3) is 0 Å². The third kappa shape index (κ3) is 5.92. The van der Waals surface area contributed by atoms with Crippen LogP contribution >= 0.6 is 0 Å². The predicted octanol–water partition coefficient (Wildman–Crippen LogP) is 1.10. The van der Waals surface area contributed by atoms with Crippen molar-refractivity contribution in [3.8, 4) is 0 Å². The maximum atomic E-state index is 10.8. The van der Waals surface area contributed by atoms with Crippen molar-refractivity contribution in [3.63, 3.8) is 0 Å². The maximum absolute atomic E-state index is 10.8. The summed E-state index contributed by atoms with van der Waals surface area (Å²) >= 11 is 0. The fraction of sp³-hybridized carbons (Fsp3) is 0.667. The van der Waals surface area contributed by atoms with Gasteiger partial charge < -0.3 is 10.1 Å². The summed E-state index contributed by atoms with van der Waals surface area (Å²) in [5.41, 5.74) is 0. The number of hydrogen-bond acceptors (Lipinski definition) is 3. The largest absolute Gasteiger partial charge is 0.463 e. The van der Waals surface area contributed by atoms with Crippen LogP contribution in [0.5, 0.6) is 0 Å². The molecule has 0 radical (unpaired) electrons. The van der Waals surface area contributed by atoms with Crippen molar-refractivity contribution >= 4 is 5.97 Å². The van der Waals surface area contributed by atoms with Gasteiger partial charge in [-0.1, -0.05) is 13.0 Å². The van der Waals surface area contributed by atoms with E-state index in [2.05, 4.69) is 5.32 Å². The number of carbonyl (C=O) groups excluding carboxylic acids is 1. The fourth-order valence-corrected chi connectivity index (χ4v) is 0.803. The lowest BCUT2D eigenvalue weighted by molar-refractivity contribution is -0.137. The molecule has 0 saturated heterocycles. The van der Waals surface area contributed by atoms with E-state index in [1.54, 1.807) is 13.0 Å². The van der Waals surface area contributed by atoms with Crippen LogP contribution in [-0.2, 0) is 9.53 Å². The number of ether oxygens (including phenoxy) is 1. The molecule has 0 aromatic heterocycles. The maximum Gasteiger partial charge on any atom is 0.330 e. The Labute approximate surface area is 73.8 Å². The molecular formula is C9H17NO2. The van der Waals surface area contributed by atoms with Crippen LogP contribution in [0.3, 0.4) is 0 Å². The van der Waals surface area contributed by atoms with E-state index >= 15 is 0 Å². The van der Waals surface area contributed by atoms with Gasteiger partial charge >= 0.3 is 5.97 Å². The Hall–Kier alpha value is -0.830. The van der Waals surface area contributed by atoms with Crippen LogP contribution in [0, 0.1) is 0 Å². The summed E-state index contributed by atoms with van der Waals surface area (Å²) in [5, 5.41) is 3.15. The lowest BCUT2D eigenvalue weighted by Crippen LogP contribution is -2.23. The molecule has 0 aliphatic rings. The van der Waals surface area contributed by atoms with Gasteiger partial charge in [0.1, 0.15) is 0 Å². The molecular weight excluding hydrogens is 154 g/mol. The number of nitrogens with one attached hydrogen (secondary N) is 1. The lowest BCUT2D eigenvalue weighted by atomic mass is 10.3. The highest BCUT2D eigenvalue weighted by atomic mass is 16.5. The SMILES string of the molecule is CCN[C@H](C)/C=C/C(=O)OCC. The van der Waals surface area contributed by atoms with Gasteiger partial charge in [-0.3, -0.25) is 0 Å². The summed E-state index contributed by atoms with van der Waals surface area (Å²) in [5.74, 6) is -0.276. The van der Waals surface area contributed by atoms with E-state index < -0.39 is 0 Å². The smallest absolute Gasteiger partial charge is 0.330 e. The van der Waals surface area contributed by atoms with Crippen molar-refractivity contribution in [2.24, 2.45) is 0 Å². The molecule has 0 fully saturated rings. The number of esters is 1. The molecule has 0 heterocycles. The first-order valence-corrected chi connectivity index (χ1v) is 4.29. The first-order chi connectivity index (χ1) is 5.70. The Morgan fingerprint density at radius 2 is 2.25 bits per heavy atom.